The molecule has 0 fully saturated rings. The third-order valence-electron chi connectivity index (χ3n) is 3.91. The van der Waals surface area contributed by atoms with Crippen LogP contribution in [0.25, 0.3) is 0 Å². The molecule has 124 valence electrons. The standard InChI is InChI=1S/2C8H11.C3H6.2ClH.Ti/c2*1-6-4-5-7(2)8(6)3;1-3-2;;;/h2*4-5H,1-3H3;1-2H3;2*1H;/q2*-1;;;;+2/p-2. The van der Waals surface area contributed by atoms with Crippen molar-refractivity contribution in [2.24, 2.45) is 0 Å². The van der Waals surface area contributed by atoms with Crippen LogP contribution in [0.2, 0.25) is 0 Å². The molecule has 0 bridgehead atoms. The molecule has 22 heavy (non-hydrogen) atoms. The van der Waals surface area contributed by atoms with Crippen LogP contribution in [0, 0.1) is 41.5 Å². The zero-order valence-corrected chi connectivity index (χ0v) is 18.1. The predicted molar refractivity (Wildman–Crippen MR) is 101 cm³/mol. The molecule has 0 heterocycles. The molecule has 0 atom stereocenters. The summed E-state index contributed by atoms with van der Waals surface area (Å²) in [6.07, 6.45) is 0. The van der Waals surface area contributed by atoms with Crippen LogP contribution in [0.3, 0.4) is 0 Å². The third-order valence-corrected chi connectivity index (χ3v) is 8.21. The topological polar surface area (TPSA) is 0 Å². The molecule has 0 nitrogen and oxygen atoms in total. The molecule has 2 aromatic carbocycles. The molecule has 0 amide bonds. The van der Waals surface area contributed by atoms with Gasteiger partial charge in [0.1, 0.15) is 0 Å². The average molecular weight is 375 g/mol. The summed E-state index contributed by atoms with van der Waals surface area (Å²) < 4.78 is 1.21. The zero-order chi connectivity index (χ0) is 17.4. The monoisotopic (exact) mass is 374 g/mol. The molecule has 0 spiro atoms. The third kappa shape index (κ3) is 7.93. The molecule has 0 unspecified atom stereocenters. The minimum atomic E-state index is -1.60. The molecule has 0 aliphatic heterocycles. The van der Waals surface area contributed by atoms with Crippen LogP contribution in [-0.4, -0.2) is 3.81 Å². The van der Waals surface area contributed by atoms with Gasteiger partial charge in [0.05, 0.1) is 0 Å². The van der Waals surface area contributed by atoms with Crippen molar-refractivity contribution in [2.75, 3.05) is 0 Å². The van der Waals surface area contributed by atoms with Crippen LogP contribution in [0.4, 0.5) is 0 Å². The summed E-state index contributed by atoms with van der Waals surface area (Å²) in [4.78, 5) is 0. The molecular formula is C19H28Cl2Ti-2. The first-order chi connectivity index (χ1) is 10.1. The fourth-order valence-corrected chi connectivity index (χ4v) is 1.62. The van der Waals surface area contributed by atoms with Crippen LogP contribution in [0.1, 0.15) is 47.2 Å². The van der Waals surface area contributed by atoms with Crippen LogP contribution in [-0.2, 0) is 15.3 Å². The van der Waals surface area contributed by atoms with Crippen LogP contribution < -0.4 is 0 Å². The molecule has 2 rings (SSSR count). The second kappa shape index (κ2) is 10.6. The van der Waals surface area contributed by atoms with Gasteiger partial charge in [-0.15, -0.1) is 0 Å². The van der Waals surface area contributed by atoms with E-state index in [1.165, 1.54) is 37.2 Å². The summed E-state index contributed by atoms with van der Waals surface area (Å²) in [5.74, 6) is 0. The van der Waals surface area contributed by atoms with E-state index in [2.05, 4.69) is 65.8 Å². The minimum absolute atomic E-state index is 1.21. The van der Waals surface area contributed by atoms with Gasteiger partial charge in [-0.2, -0.15) is 57.6 Å². The Labute approximate surface area is 150 Å². The SMILES string of the molecule is C[C](C)=[Ti]([Cl])[Cl].Cc1c[cH-]c(C)c1C.Cc1c[cH-]c(C)c1C. The van der Waals surface area contributed by atoms with Gasteiger partial charge in [-0.1, -0.05) is 41.5 Å². The fourth-order valence-electron chi connectivity index (χ4n) is 1.62. The number of hydrogen-bond acceptors (Lipinski definition) is 0. The summed E-state index contributed by atoms with van der Waals surface area (Å²) in [5, 5.41) is 0. The van der Waals surface area contributed by atoms with E-state index in [9.17, 15) is 0 Å². The second-order valence-electron chi connectivity index (χ2n) is 5.91. The molecule has 0 aromatic heterocycles. The smallest absolute Gasteiger partial charge is 0.0632 e. The van der Waals surface area contributed by atoms with Crippen LogP contribution >= 0.6 is 18.6 Å². The Morgan fingerprint density at radius 2 is 1.05 bits per heavy atom. The number of hydrogen-bond donors (Lipinski definition) is 0. The Morgan fingerprint density at radius 3 is 1.09 bits per heavy atom. The van der Waals surface area contributed by atoms with Gasteiger partial charge in [-0.25, -0.2) is 0 Å². The van der Waals surface area contributed by atoms with Gasteiger partial charge >= 0.3 is 51.6 Å². The molecule has 0 aliphatic carbocycles. The van der Waals surface area contributed by atoms with Gasteiger partial charge in [-0.3, -0.25) is 0 Å². The normalized spacial score (nSPS) is 9.36. The fraction of sp³-hybridized carbons (Fsp3) is 0.421. The number of rotatable bonds is 0. The maximum Gasteiger partial charge on any atom is -0.0632 e. The largest absolute Gasteiger partial charge is 0.199 e. The van der Waals surface area contributed by atoms with E-state index >= 15 is 0 Å². The van der Waals surface area contributed by atoms with Gasteiger partial charge in [-0.05, 0) is 0 Å². The van der Waals surface area contributed by atoms with Crippen molar-refractivity contribution in [1.29, 1.82) is 0 Å². The van der Waals surface area contributed by atoms with E-state index in [0.29, 0.717) is 0 Å². The van der Waals surface area contributed by atoms with E-state index in [1.54, 1.807) is 0 Å². The first kappa shape index (κ1) is 21.9. The summed E-state index contributed by atoms with van der Waals surface area (Å²) in [7, 11) is 11.0. The van der Waals surface area contributed by atoms with Crippen molar-refractivity contribution in [3.63, 3.8) is 0 Å². The van der Waals surface area contributed by atoms with E-state index in [4.69, 9.17) is 18.6 Å². The van der Waals surface area contributed by atoms with E-state index < -0.39 is 15.3 Å². The molecule has 3 heteroatoms. The summed E-state index contributed by atoms with van der Waals surface area (Å²) in [5.41, 5.74) is 8.49. The average Bonchev–Trinajstić information content (AvgIpc) is 2.90. The van der Waals surface area contributed by atoms with Gasteiger partial charge in [0, 0.05) is 0 Å². The van der Waals surface area contributed by atoms with E-state index in [-0.39, 0.29) is 0 Å². The van der Waals surface area contributed by atoms with E-state index in [1.807, 2.05) is 13.8 Å². The van der Waals surface area contributed by atoms with Crippen molar-refractivity contribution in [3.05, 3.63) is 57.6 Å². The summed E-state index contributed by atoms with van der Waals surface area (Å²) >= 11 is -1.60. The van der Waals surface area contributed by atoms with Crippen molar-refractivity contribution in [1.82, 2.24) is 0 Å². The Kier molecular flexibility index (Phi) is 10.5. The minimum Gasteiger partial charge on any atom is -0.199 e. The van der Waals surface area contributed by atoms with Gasteiger partial charge < -0.3 is 0 Å². The van der Waals surface area contributed by atoms with Crippen LogP contribution in [0.15, 0.2) is 24.3 Å². The van der Waals surface area contributed by atoms with Gasteiger partial charge in [0.2, 0.25) is 0 Å². The van der Waals surface area contributed by atoms with Gasteiger partial charge in [0.25, 0.3) is 0 Å². The predicted octanol–water partition coefficient (Wildman–Crippen LogP) is 6.79. The van der Waals surface area contributed by atoms with Gasteiger partial charge in [0.15, 0.2) is 0 Å². The molecule has 2 aromatic rings. The quantitative estimate of drug-likeness (QED) is 0.351. The Bertz CT molecular complexity index is 514. The second-order valence-corrected chi connectivity index (χ2v) is 12.2. The summed E-state index contributed by atoms with van der Waals surface area (Å²) in [6.45, 7) is 16.8. The first-order valence-electron chi connectivity index (χ1n) is 7.45. The number of aryl methyl sites for hydroxylation is 4. The molecule has 0 radical (unpaired) electrons. The zero-order valence-electron chi connectivity index (χ0n) is 15.1. The molecule has 0 N–H and O–H groups in total. The Hall–Kier alpha value is -0.136. The maximum absolute atomic E-state index is 5.51. The van der Waals surface area contributed by atoms with Crippen molar-refractivity contribution < 1.29 is 15.3 Å². The van der Waals surface area contributed by atoms with Crippen molar-refractivity contribution in [2.45, 2.75) is 55.4 Å². The van der Waals surface area contributed by atoms with Crippen molar-refractivity contribution >= 4 is 22.4 Å². The maximum atomic E-state index is 5.51. The van der Waals surface area contributed by atoms with Crippen LogP contribution in [0.5, 0.6) is 0 Å². The molecule has 0 saturated heterocycles. The summed E-state index contributed by atoms with van der Waals surface area (Å²) in [6, 6.07) is 8.63. The Balaban J connectivity index is 0.000000306. The molecule has 0 saturated carbocycles. The number of halogens is 2. The molecule has 0 aliphatic rings. The van der Waals surface area contributed by atoms with Crippen molar-refractivity contribution in [3.8, 4) is 0 Å². The molecular weight excluding hydrogens is 347 g/mol. The Morgan fingerprint density at radius 1 is 0.773 bits per heavy atom. The van der Waals surface area contributed by atoms with E-state index in [0.717, 1.165) is 0 Å². The first-order valence-corrected chi connectivity index (χ1v) is 12.5.